The van der Waals surface area contributed by atoms with Crippen molar-refractivity contribution in [3.8, 4) is 6.01 Å². The molecule has 5 heteroatoms. The molecule has 3 rings (SSSR count). The molecule has 0 unspecified atom stereocenters. The molecule has 18 heavy (non-hydrogen) atoms. The Kier molecular flexibility index (Phi) is 2.44. The van der Waals surface area contributed by atoms with Crippen molar-refractivity contribution in [1.82, 2.24) is 9.97 Å². The van der Waals surface area contributed by atoms with Crippen molar-refractivity contribution in [3.63, 3.8) is 0 Å². The lowest BCUT2D eigenvalue weighted by atomic mass is 10.1. The van der Waals surface area contributed by atoms with Crippen LogP contribution in [0.4, 0.5) is 0 Å². The first-order valence-corrected chi connectivity index (χ1v) is 5.61. The number of hydrogen-bond acceptors (Lipinski definition) is 5. The van der Waals surface area contributed by atoms with E-state index in [1.54, 1.807) is 12.3 Å². The number of para-hydroxylation sites is 1. The fourth-order valence-electron chi connectivity index (χ4n) is 1.84. The van der Waals surface area contributed by atoms with Crippen LogP contribution in [0.25, 0.3) is 21.9 Å². The van der Waals surface area contributed by atoms with Crippen LogP contribution in [0, 0.1) is 0 Å². The monoisotopic (exact) mass is 242 g/mol. The highest BCUT2D eigenvalue weighted by atomic mass is 16.5. The quantitative estimate of drug-likeness (QED) is 0.508. The van der Waals surface area contributed by atoms with Crippen molar-refractivity contribution < 1.29 is 9.15 Å². The molecular formula is C13H10N2O3. The molecule has 0 atom stereocenters. The van der Waals surface area contributed by atoms with Crippen LogP contribution in [0.2, 0.25) is 0 Å². The summed E-state index contributed by atoms with van der Waals surface area (Å²) in [6.45, 7) is 2.28. The van der Waals surface area contributed by atoms with Crippen molar-refractivity contribution in [2.45, 2.75) is 6.92 Å². The molecule has 0 N–H and O–H groups in total. The Hall–Kier alpha value is -2.43. The Morgan fingerprint density at radius 2 is 2.11 bits per heavy atom. The standard InChI is InChI=1S/C13H10N2O3/c1-2-17-13-14-7-9-8-5-3-4-6-10(8)18-12(16)11(9)15-13/h3-7H,2H2,1H3. The lowest BCUT2D eigenvalue weighted by Gasteiger charge is -2.03. The maximum atomic E-state index is 11.8. The average Bonchev–Trinajstić information content (AvgIpc) is 2.40. The predicted molar refractivity (Wildman–Crippen MR) is 66.7 cm³/mol. The molecule has 3 aromatic rings. The number of benzene rings is 1. The molecule has 0 saturated carbocycles. The summed E-state index contributed by atoms with van der Waals surface area (Å²) >= 11 is 0. The minimum absolute atomic E-state index is 0.188. The maximum Gasteiger partial charge on any atom is 0.363 e. The third-order valence-corrected chi connectivity index (χ3v) is 2.61. The average molecular weight is 242 g/mol. The zero-order valence-corrected chi connectivity index (χ0v) is 9.71. The molecule has 0 spiro atoms. The van der Waals surface area contributed by atoms with Gasteiger partial charge < -0.3 is 9.15 Å². The second-order valence-electron chi connectivity index (χ2n) is 3.73. The first-order valence-electron chi connectivity index (χ1n) is 5.61. The molecule has 90 valence electrons. The molecule has 0 bridgehead atoms. The van der Waals surface area contributed by atoms with Gasteiger partial charge in [-0.3, -0.25) is 0 Å². The Labute approximate surface area is 102 Å². The normalized spacial score (nSPS) is 10.9. The number of hydrogen-bond donors (Lipinski definition) is 0. The summed E-state index contributed by atoms with van der Waals surface area (Å²) in [5.41, 5.74) is 0.293. The Morgan fingerprint density at radius 3 is 2.94 bits per heavy atom. The van der Waals surface area contributed by atoms with Crippen molar-refractivity contribution in [2.24, 2.45) is 0 Å². The molecule has 0 aliphatic rings. The van der Waals surface area contributed by atoms with Gasteiger partial charge in [-0.25, -0.2) is 9.78 Å². The van der Waals surface area contributed by atoms with Gasteiger partial charge >= 0.3 is 11.6 Å². The molecule has 5 nitrogen and oxygen atoms in total. The Balaban J connectivity index is 2.40. The number of aromatic nitrogens is 2. The SMILES string of the molecule is CCOc1ncc2c(n1)c(=O)oc1ccccc12. The second-order valence-corrected chi connectivity index (χ2v) is 3.73. The second kappa shape index (κ2) is 4.10. The van der Waals surface area contributed by atoms with Gasteiger partial charge in [0.2, 0.25) is 0 Å². The topological polar surface area (TPSA) is 65.2 Å². The van der Waals surface area contributed by atoms with Gasteiger partial charge in [-0.2, -0.15) is 4.98 Å². The van der Waals surface area contributed by atoms with E-state index in [0.29, 0.717) is 17.6 Å². The lowest BCUT2D eigenvalue weighted by Crippen LogP contribution is -2.05. The van der Waals surface area contributed by atoms with Crippen LogP contribution in [-0.4, -0.2) is 16.6 Å². The Morgan fingerprint density at radius 1 is 1.28 bits per heavy atom. The number of rotatable bonds is 2. The van der Waals surface area contributed by atoms with Crippen LogP contribution in [0.5, 0.6) is 6.01 Å². The van der Waals surface area contributed by atoms with Gasteiger partial charge in [0.05, 0.1) is 6.61 Å². The lowest BCUT2D eigenvalue weighted by molar-refractivity contribution is 0.313. The smallest absolute Gasteiger partial charge is 0.363 e. The van der Waals surface area contributed by atoms with E-state index in [4.69, 9.17) is 9.15 Å². The molecule has 1 aromatic carbocycles. The van der Waals surface area contributed by atoms with Crippen molar-refractivity contribution >= 4 is 21.9 Å². The van der Waals surface area contributed by atoms with E-state index in [0.717, 1.165) is 5.39 Å². The van der Waals surface area contributed by atoms with Gasteiger partial charge in [0.1, 0.15) is 5.58 Å². The largest absolute Gasteiger partial charge is 0.464 e. The van der Waals surface area contributed by atoms with E-state index >= 15 is 0 Å². The summed E-state index contributed by atoms with van der Waals surface area (Å²) in [4.78, 5) is 20.0. The van der Waals surface area contributed by atoms with Gasteiger partial charge in [0.15, 0.2) is 5.52 Å². The first-order chi connectivity index (χ1) is 8.79. The van der Waals surface area contributed by atoms with Crippen LogP contribution in [0.3, 0.4) is 0 Å². The highest BCUT2D eigenvalue weighted by Crippen LogP contribution is 2.21. The summed E-state index contributed by atoms with van der Waals surface area (Å²) in [6.07, 6.45) is 1.59. The summed E-state index contributed by atoms with van der Waals surface area (Å²) in [5, 5.41) is 1.49. The van der Waals surface area contributed by atoms with Crippen LogP contribution < -0.4 is 10.4 Å². The molecule has 0 fully saturated rings. The molecule has 0 saturated heterocycles. The molecule has 0 radical (unpaired) electrons. The zero-order valence-electron chi connectivity index (χ0n) is 9.71. The number of nitrogens with zero attached hydrogens (tertiary/aromatic N) is 2. The first kappa shape index (κ1) is 10.7. The van der Waals surface area contributed by atoms with Gasteiger partial charge in [-0.05, 0) is 13.0 Å². The fourth-order valence-corrected chi connectivity index (χ4v) is 1.84. The van der Waals surface area contributed by atoms with E-state index in [1.165, 1.54) is 0 Å². The van der Waals surface area contributed by atoms with Crippen molar-refractivity contribution in [1.29, 1.82) is 0 Å². The van der Waals surface area contributed by atoms with E-state index in [9.17, 15) is 4.79 Å². The molecule has 0 aliphatic heterocycles. The predicted octanol–water partition coefficient (Wildman–Crippen LogP) is 2.13. The van der Waals surface area contributed by atoms with Gasteiger partial charge in [0, 0.05) is 17.0 Å². The minimum Gasteiger partial charge on any atom is -0.464 e. The number of fused-ring (bicyclic) bond motifs is 3. The van der Waals surface area contributed by atoms with Crippen LogP contribution in [-0.2, 0) is 0 Å². The molecular weight excluding hydrogens is 232 g/mol. The van der Waals surface area contributed by atoms with E-state index in [1.807, 2.05) is 25.1 Å². The van der Waals surface area contributed by atoms with Crippen LogP contribution in [0.15, 0.2) is 39.7 Å². The van der Waals surface area contributed by atoms with E-state index in [2.05, 4.69) is 9.97 Å². The maximum absolute atomic E-state index is 11.8. The van der Waals surface area contributed by atoms with E-state index in [-0.39, 0.29) is 11.5 Å². The zero-order chi connectivity index (χ0) is 12.5. The molecule has 0 aliphatic carbocycles. The highest BCUT2D eigenvalue weighted by molar-refractivity contribution is 6.02. The number of ether oxygens (including phenoxy) is 1. The molecule has 2 heterocycles. The Bertz CT molecular complexity index is 780. The van der Waals surface area contributed by atoms with Crippen LogP contribution in [0.1, 0.15) is 6.92 Å². The highest BCUT2D eigenvalue weighted by Gasteiger charge is 2.10. The third kappa shape index (κ3) is 1.60. The minimum atomic E-state index is -0.480. The molecule has 2 aromatic heterocycles. The fraction of sp³-hybridized carbons (Fsp3) is 0.154. The molecule has 0 amide bonds. The summed E-state index contributed by atoms with van der Waals surface area (Å²) < 4.78 is 10.4. The van der Waals surface area contributed by atoms with Crippen molar-refractivity contribution in [3.05, 3.63) is 40.9 Å². The van der Waals surface area contributed by atoms with E-state index < -0.39 is 5.63 Å². The summed E-state index contributed by atoms with van der Waals surface area (Å²) in [7, 11) is 0. The third-order valence-electron chi connectivity index (χ3n) is 2.61. The van der Waals surface area contributed by atoms with Gasteiger partial charge in [0.25, 0.3) is 0 Å². The summed E-state index contributed by atoms with van der Waals surface area (Å²) in [6, 6.07) is 7.48. The van der Waals surface area contributed by atoms with Crippen LogP contribution >= 0.6 is 0 Å². The van der Waals surface area contributed by atoms with Gasteiger partial charge in [-0.1, -0.05) is 18.2 Å². The van der Waals surface area contributed by atoms with Crippen molar-refractivity contribution in [2.75, 3.05) is 6.61 Å². The summed E-state index contributed by atoms with van der Waals surface area (Å²) in [5.74, 6) is 0. The van der Waals surface area contributed by atoms with Gasteiger partial charge in [-0.15, -0.1) is 0 Å².